The SMILES string of the molecule is Cc1ccc(C(=O)N2CCC(CCC(=O)O)C2)c(O)c1. The maximum absolute atomic E-state index is 12.3. The van der Waals surface area contributed by atoms with Gasteiger partial charge in [0.1, 0.15) is 5.75 Å². The van der Waals surface area contributed by atoms with E-state index in [4.69, 9.17) is 5.11 Å². The van der Waals surface area contributed by atoms with Crippen molar-refractivity contribution in [2.45, 2.75) is 26.2 Å². The second-order valence-corrected chi connectivity index (χ2v) is 5.36. The molecule has 0 saturated carbocycles. The van der Waals surface area contributed by atoms with Crippen LogP contribution in [0.2, 0.25) is 0 Å². The zero-order chi connectivity index (χ0) is 14.7. The number of carboxylic acids is 1. The molecule has 1 unspecified atom stereocenters. The first-order valence-corrected chi connectivity index (χ1v) is 6.78. The fraction of sp³-hybridized carbons (Fsp3) is 0.467. The van der Waals surface area contributed by atoms with E-state index in [2.05, 4.69) is 0 Å². The van der Waals surface area contributed by atoms with E-state index in [1.807, 2.05) is 6.92 Å². The second-order valence-electron chi connectivity index (χ2n) is 5.36. The molecule has 1 saturated heterocycles. The van der Waals surface area contributed by atoms with Crippen molar-refractivity contribution in [2.75, 3.05) is 13.1 Å². The van der Waals surface area contributed by atoms with E-state index in [9.17, 15) is 14.7 Å². The highest BCUT2D eigenvalue weighted by molar-refractivity contribution is 5.97. The number of phenolic OH excluding ortho intramolecular Hbond substituents is 1. The summed E-state index contributed by atoms with van der Waals surface area (Å²) in [5, 5.41) is 18.5. The Labute approximate surface area is 117 Å². The number of carbonyl (C=O) groups is 2. The van der Waals surface area contributed by atoms with Crippen LogP contribution in [0.3, 0.4) is 0 Å². The summed E-state index contributed by atoms with van der Waals surface area (Å²) >= 11 is 0. The molecule has 0 aliphatic carbocycles. The number of carboxylic acid groups (broad SMARTS) is 1. The van der Waals surface area contributed by atoms with Crippen LogP contribution in [0.25, 0.3) is 0 Å². The Kier molecular flexibility index (Phi) is 4.27. The molecule has 5 nitrogen and oxygen atoms in total. The van der Waals surface area contributed by atoms with Crippen molar-refractivity contribution < 1.29 is 19.8 Å². The molecule has 1 amide bonds. The maximum Gasteiger partial charge on any atom is 0.303 e. The maximum atomic E-state index is 12.3. The lowest BCUT2D eigenvalue weighted by Crippen LogP contribution is -2.28. The van der Waals surface area contributed by atoms with Crippen LogP contribution in [0.4, 0.5) is 0 Å². The fourth-order valence-electron chi connectivity index (χ4n) is 2.57. The zero-order valence-corrected chi connectivity index (χ0v) is 11.5. The van der Waals surface area contributed by atoms with Crippen LogP contribution in [0.5, 0.6) is 5.75 Å². The van der Waals surface area contributed by atoms with Crippen LogP contribution in [0.1, 0.15) is 35.2 Å². The Morgan fingerprint density at radius 3 is 2.80 bits per heavy atom. The number of phenols is 1. The van der Waals surface area contributed by atoms with Gasteiger partial charge >= 0.3 is 5.97 Å². The Balaban J connectivity index is 1.99. The number of aliphatic carboxylic acids is 1. The average molecular weight is 277 g/mol. The largest absolute Gasteiger partial charge is 0.507 e. The zero-order valence-electron chi connectivity index (χ0n) is 11.5. The number of rotatable bonds is 4. The third-order valence-electron chi connectivity index (χ3n) is 3.72. The van der Waals surface area contributed by atoms with Gasteiger partial charge in [-0.3, -0.25) is 9.59 Å². The summed E-state index contributed by atoms with van der Waals surface area (Å²) in [7, 11) is 0. The molecule has 0 aromatic heterocycles. The van der Waals surface area contributed by atoms with Crippen molar-refractivity contribution in [3.8, 4) is 5.75 Å². The first-order valence-electron chi connectivity index (χ1n) is 6.78. The molecular formula is C15H19NO4. The smallest absolute Gasteiger partial charge is 0.303 e. The van der Waals surface area contributed by atoms with Crippen LogP contribution < -0.4 is 0 Å². The van der Waals surface area contributed by atoms with Gasteiger partial charge in [0.05, 0.1) is 5.56 Å². The van der Waals surface area contributed by atoms with Crippen LogP contribution in [-0.4, -0.2) is 40.1 Å². The van der Waals surface area contributed by atoms with E-state index < -0.39 is 5.97 Å². The van der Waals surface area contributed by atoms with Crippen LogP contribution in [0, 0.1) is 12.8 Å². The lowest BCUT2D eigenvalue weighted by Gasteiger charge is -2.17. The quantitative estimate of drug-likeness (QED) is 0.882. The standard InChI is InChI=1S/C15H19NO4/c1-10-2-4-12(13(17)8-10)15(20)16-7-6-11(9-16)3-5-14(18)19/h2,4,8,11,17H,3,5-7,9H2,1H3,(H,18,19). The van der Waals surface area contributed by atoms with Crippen molar-refractivity contribution >= 4 is 11.9 Å². The first-order chi connectivity index (χ1) is 9.47. The highest BCUT2D eigenvalue weighted by Gasteiger charge is 2.28. The molecule has 0 bridgehead atoms. The molecule has 1 aliphatic heterocycles. The van der Waals surface area contributed by atoms with Gasteiger partial charge in [-0.25, -0.2) is 0 Å². The number of likely N-dealkylation sites (tertiary alicyclic amines) is 1. The number of carbonyl (C=O) groups excluding carboxylic acids is 1. The predicted octanol–water partition coefficient (Wildman–Crippen LogP) is 2.03. The van der Waals surface area contributed by atoms with Crippen molar-refractivity contribution in [1.82, 2.24) is 4.90 Å². The normalized spacial score (nSPS) is 18.2. The fourth-order valence-corrected chi connectivity index (χ4v) is 2.57. The summed E-state index contributed by atoms with van der Waals surface area (Å²) in [5.74, 6) is -0.738. The van der Waals surface area contributed by atoms with Gasteiger partial charge in [0.15, 0.2) is 0 Å². The Hall–Kier alpha value is -2.04. The minimum absolute atomic E-state index is 0.00369. The molecule has 1 heterocycles. The highest BCUT2D eigenvalue weighted by Crippen LogP contribution is 2.26. The van der Waals surface area contributed by atoms with Crippen molar-refractivity contribution in [2.24, 2.45) is 5.92 Å². The van der Waals surface area contributed by atoms with Gasteiger partial charge in [0.25, 0.3) is 5.91 Å². The molecule has 108 valence electrons. The third kappa shape index (κ3) is 3.29. The first kappa shape index (κ1) is 14.4. The molecule has 0 spiro atoms. The topological polar surface area (TPSA) is 77.8 Å². The molecule has 0 radical (unpaired) electrons. The minimum Gasteiger partial charge on any atom is -0.507 e. The Bertz CT molecular complexity index is 527. The predicted molar refractivity (Wildman–Crippen MR) is 73.7 cm³/mol. The number of hydrogen-bond donors (Lipinski definition) is 2. The molecule has 1 fully saturated rings. The number of aromatic hydroxyl groups is 1. The molecular weight excluding hydrogens is 258 g/mol. The average Bonchev–Trinajstić information content (AvgIpc) is 2.84. The monoisotopic (exact) mass is 277 g/mol. The number of nitrogens with zero attached hydrogens (tertiary/aromatic N) is 1. The van der Waals surface area contributed by atoms with Crippen LogP contribution in [0.15, 0.2) is 18.2 Å². The van der Waals surface area contributed by atoms with Crippen molar-refractivity contribution in [1.29, 1.82) is 0 Å². The van der Waals surface area contributed by atoms with Gasteiger partial charge in [0, 0.05) is 19.5 Å². The number of amides is 1. The van der Waals surface area contributed by atoms with E-state index in [0.717, 1.165) is 12.0 Å². The third-order valence-corrected chi connectivity index (χ3v) is 3.72. The lowest BCUT2D eigenvalue weighted by atomic mass is 10.0. The summed E-state index contributed by atoms with van der Waals surface area (Å²) < 4.78 is 0. The Morgan fingerprint density at radius 1 is 1.40 bits per heavy atom. The summed E-state index contributed by atoms with van der Waals surface area (Å²) in [6.07, 6.45) is 1.56. The minimum atomic E-state index is -0.800. The van der Waals surface area contributed by atoms with E-state index in [-0.39, 0.29) is 24.0 Å². The van der Waals surface area contributed by atoms with E-state index >= 15 is 0 Å². The van der Waals surface area contributed by atoms with E-state index in [0.29, 0.717) is 25.1 Å². The number of aryl methyl sites for hydroxylation is 1. The van der Waals surface area contributed by atoms with Crippen molar-refractivity contribution in [3.05, 3.63) is 29.3 Å². The second kappa shape index (κ2) is 5.94. The van der Waals surface area contributed by atoms with Gasteiger partial charge in [-0.2, -0.15) is 0 Å². The van der Waals surface area contributed by atoms with Gasteiger partial charge in [0.2, 0.25) is 0 Å². The van der Waals surface area contributed by atoms with Gasteiger partial charge in [-0.15, -0.1) is 0 Å². The van der Waals surface area contributed by atoms with Gasteiger partial charge < -0.3 is 15.1 Å². The molecule has 1 aromatic carbocycles. The summed E-state index contributed by atoms with van der Waals surface area (Å²) in [4.78, 5) is 24.6. The molecule has 1 aliphatic rings. The van der Waals surface area contributed by atoms with E-state index in [1.165, 1.54) is 0 Å². The van der Waals surface area contributed by atoms with Crippen molar-refractivity contribution in [3.63, 3.8) is 0 Å². The molecule has 2 rings (SSSR count). The van der Waals surface area contributed by atoms with Crippen LogP contribution >= 0.6 is 0 Å². The van der Waals surface area contributed by atoms with Gasteiger partial charge in [-0.05, 0) is 43.4 Å². The highest BCUT2D eigenvalue weighted by atomic mass is 16.4. The summed E-state index contributed by atoms with van der Waals surface area (Å²) in [6.45, 7) is 3.04. The van der Waals surface area contributed by atoms with Gasteiger partial charge in [-0.1, -0.05) is 6.07 Å². The molecule has 1 atom stereocenters. The summed E-state index contributed by atoms with van der Waals surface area (Å²) in [5.41, 5.74) is 1.22. The number of benzene rings is 1. The molecule has 5 heteroatoms. The lowest BCUT2D eigenvalue weighted by molar-refractivity contribution is -0.137. The Morgan fingerprint density at radius 2 is 2.15 bits per heavy atom. The van der Waals surface area contributed by atoms with Crippen LogP contribution in [-0.2, 0) is 4.79 Å². The summed E-state index contributed by atoms with van der Waals surface area (Å²) in [6, 6.07) is 5.01. The van der Waals surface area contributed by atoms with E-state index in [1.54, 1.807) is 23.1 Å². The number of hydrogen-bond acceptors (Lipinski definition) is 3. The molecule has 1 aromatic rings. The molecule has 20 heavy (non-hydrogen) atoms. The molecule has 2 N–H and O–H groups in total.